The normalized spacial score (nSPS) is 10.6. The minimum absolute atomic E-state index is 0.676. The zero-order valence-electron chi connectivity index (χ0n) is 9.06. The number of hydrogen-bond acceptors (Lipinski definition) is 2. The molecule has 0 aliphatic heterocycles. The fourth-order valence-electron chi connectivity index (χ4n) is 1.41. The lowest BCUT2D eigenvalue weighted by molar-refractivity contribution is 1.19. The van der Waals surface area contributed by atoms with E-state index in [9.17, 15) is 0 Å². The number of thiophene rings is 1. The van der Waals surface area contributed by atoms with Gasteiger partial charge in [-0.15, -0.1) is 11.3 Å². The summed E-state index contributed by atoms with van der Waals surface area (Å²) in [5.74, 6) is 0. The van der Waals surface area contributed by atoms with Crippen LogP contribution in [-0.2, 0) is 6.54 Å². The predicted molar refractivity (Wildman–Crippen MR) is 77.9 cm³/mol. The van der Waals surface area contributed by atoms with Crippen LogP contribution in [0.4, 0.5) is 5.69 Å². The summed E-state index contributed by atoms with van der Waals surface area (Å²) in [5.41, 5.74) is 1.81. The van der Waals surface area contributed by atoms with Crippen LogP contribution in [-0.4, -0.2) is 0 Å². The van der Waals surface area contributed by atoms with Crippen molar-refractivity contribution in [2.24, 2.45) is 0 Å². The lowest BCUT2D eigenvalue weighted by Gasteiger charge is -2.09. The fraction of sp³-hybridized carbons (Fsp3) is 0.167. The molecule has 0 saturated heterocycles. The van der Waals surface area contributed by atoms with E-state index < -0.39 is 0 Å². The van der Waals surface area contributed by atoms with Crippen LogP contribution in [0.3, 0.4) is 0 Å². The Bertz CT molecular complexity index is 537. The molecule has 17 heavy (non-hydrogen) atoms. The minimum atomic E-state index is 0.676. The molecule has 1 heterocycles. The fourth-order valence-corrected chi connectivity index (χ4v) is 2.89. The molecule has 0 bridgehead atoms. The summed E-state index contributed by atoms with van der Waals surface area (Å²) < 4.78 is 0.787. The lowest BCUT2D eigenvalue weighted by Crippen LogP contribution is -1.98. The van der Waals surface area contributed by atoms with Crippen LogP contribution < -0.4 is 5.32 Å². The second-order valence-electron chi connectivity index (χ2n) is 3.64. The third-order valence-corrected chi connectivity index (χ3v) is 4.28. The van der Waals surface area contributed by atoms with Crippen molar-refractivity contribution in [1.29, 1.82) is 0 Å². The molecule has 90 valence electrons. The molecule has 0 saturated carbocycles. The number of hydrogen-bond donors (Lipinski definition) is 1. The highest BCUT2D eigenvalue weighted by Gasteiger charge is 2.05. The first-order valence-electron chi connectivity index (χ1n) is 5.00. The summed E-state index contributed by atoms with van der Waals surface area (Å²) >= 11 is 19.6. The predicted octanol–water partition coefficient (Wildman–Crippen LogP) is 5.63. The van der Waals surface area contributed by atoms with Gasteiger partial charge in [0.25, 0.3) is 0 Å². The van der Waals surface area contributed by atoms with Gasteiger partial charge >= 0.3 is 0 Å². The van der Waals surface area contributed by atoms with Gasteiger partial charge in [-0.1, -0.05) is 34.8 Å². The van der Waals surface area contributed by atoms with E-state index in [4.69, 9.17) is 34.8 Å². The van der Waals surface area contributed by atoms with Crippen LogP contribution >= 0.6 is 46.1 Å². The SMILES string of the molecule is Cc1cc(Cl)c(NCc2ccc(Cl)s2)cc1Cl. The summed E-state index contributed by atoms with van der Waals surface area (Å²) in [5, 5.41) is 4.63. The Morgan fingerprint density at radius 3 is 2.53 bits per heavy atom. The van der Waals surface area contributed by atoms with Crippen LogP contribution in [0.2, 0.25) is 14.4 Å². The zero-order valence-corrected chi connectivity index (χ0v) is 12.1. The molecule has 1 N–H and O–H groups in total. The van der Waals surface area contributed by atoms with Gasteiger partial charge in [0.1, 0.15) is 0 Å². The van der Waals surface area contributed by atoms with Crippen LogP contribution in [0, 0.1) is 6.92 Å². The molecular formula is C12H10Cl3NS. The Morgan fingerprint density at radius 1 is 1.12 bits per heavy atom. The third-order valence-electron chi connectivity index (χ3n) is 2.33. The third kappa shape index (κ3) is 3.29. The van der Waals surface area contributed by atoms with E-state index in [2.05, 4.69) is 5.32 Å². The Labute approximate surface area is 119 Å². The van der Waals surface area contributed by atoms with Gasteiger partial charge in [-0.25, -0.2) is 0 Å². The topological polar surface area (TPSA) is 12.0 Å². The molecule has 2 rings (SSSR count). The molecule has 2 aromatic rings. The molecule has 0 fully saturated rings. The van der Waals surface area contributed by atoms with Crippen LogP contribution in [0.15, 0.2) is 24.3 Å². The number of benzene rings is 1. The summed E-state index contributed by atoms with van der Waals surface area (Å²) in [6.45, 7) is 2.62. The van der Waals surface area contributed by atoms with E-state index in [0.29, 0.717) is 16.6 Å². The first-order valence-corrected chi connectivity index (χ1v) is 6.95. The molecule has 0 amide bonds. The Balaban J connectivity index is 2.11. The molecule has 5 heteroatoms. The summed E-state index contributed by atoms with van der Waals surface area (Å²) in [6, 6.07) is 7.57. The van der Waals surface area contributed by atoms with Crippen molar-refractivity contribution in [3.63, 3.8) is 0 Å². The number of aryl methyl sites for hydroxylation is 1. The molecule has 1 nitrogen and oxygen atoms in total. The molecule has 0 radical (unpaired) electrons. The van der Waals surface area contributed by atoms with E-state index >= 15 is 0 Å². The smallest absolute Gasteiger partial charge is 0.0931 e. The standard InChI is InChI=1S/C12H10Cl3NS/c1-7-4-10(14)11(5-9(7)13)16-6-8-2-3-12(15)17-8/h2-5,16H,6H2,1H3. The maximum Gasteiger partial charge on any atom is 0.0931 e. The quantitative estimate of drug-likeness (QED) is 0.775. The van der Waals surface area contributed by atoms with Crippen molar-refractivity contribution in [3.05, 3.63) is 49.1 Å². The first kappa shape index (κ1) is 13.0. The average Bonchev–Trinajstić information content (AvgIpc) is 2.68. The highest BCUT2D eigenvalue weighted by molar-refractivity contribution is 7.16. The Hall–Kier alpha value is -0.410. The van der Waals surface area contributed by atoms with Crippen molar-refractivity contribution in [2.75, 3.05) is 5.32 Å². The summed E-state index contributed by atoms with van der Waals surface area (Å²) in [4.78, 5) is 1.16. The van der Waals surface area contributed by atoms with Gasteiger partial charge in [0.2, 0.25) is 0 Å². The van der Waals surface area contributed by atoms with Crippen molar-refractivity contribution in [3.8, 4) is 0 Å². The van der Waals surface area contributed by atoms with E-state index in [-0.39, 0.29) is 0 Å². The summed E-state index contributed by atoms with van der Waals surface area (Å²) in [6.07, 6.45) is 0. The van der Waals surface area contributed by atoms with Crippen molar-refractivity contribution >= 4 is 51.8 Å². The molecule has 0 aliphatic carbocycles. The van der Waals surface area contributed by atoms with Gasteiger partial charge in [-0.3, -0.25) is 0 Å². The van der Waals surface area contributed by atoms with E-state index in [1.807, 2.05) is 31.2 Å². The van der Waals surface area contributed by atoms with Gasteiger partial charge in [0.15, 0.2) is 0 Å². The largest absolute Gasteiger partial charge is 0.379 e. The minimum Gasteiger partial charge on any atom is -0.379 e. The highest BCUT2D eigenvalue weighted by atomic mass is 35.5. The van der Waals surface area contributed by atoms with Crippen LogP contribution in [0.25, 0.3) is 0 Å². The van der Waals surface area contributed by atoms with Crippen molar-refractivity contribution in [1.82, 2.24) is 0 Å². The molecule has 0 spiro atoms. The second-order valence-corrected chi connectivity index (χ2v) is 6.25. The Kier molecular flexibility index (Phi) is 4.21. The van der Waals surface area contributed by atoms with E-state index in [0.717, 1.165) is 20.5 Å². The van der Waals surface area contributed by atoms with Gasteiger partial charge in [-0.2, -0.15) is 0 Å². The maximum absolute atomic E-state index is 6.13. The molecular weight excluding hydrogens is 297 g/mol. The van der Waals surface area contributed by atoms with Gasteiger partial charge in [0, 0.05) is 16.4 Å². The van der Waals surface area contributed by atoms with Crippen LogP contribution in [0.5, 0.6) is 0 Å². The van der Waals surface area contributed by atoms with Gasteiger partial charge in [0.05, 0.1) is 15.0 Å². The zero-order chi connectivity index (χ0) is 12.4. The lowest BCUT2D eigenvalue weighted by atomic mass is 10.2. The van der Waals surface area contributed by atoms with Gasteiger partial charge in [-0.05, 0) is 36.8 Å². The number of rotatable bonds is 3. The number of anilines is 1. The molecule has 0 aliphatic rings. The van der Waals surface area contributed by atoms with Crippen molar-refractivity contribution in [2.45, 2.75) is 13.5 Å². The molecule has 1 aromatic carbocycles. The van der Waals surface area contributed by atoms with Crippen molar-refractivity contribution < 1.29 is 0 Å². The van der Waals surface area contributed by atoms with Crippen LogP contribution in [0.1, 0.15) is 10.4 Å². The van der Waals surface area contributed by atoms with E-state index in [1.165, 1.54) is 0 Å². The number of halogens is 3. The van der Waals surface area contributed by atoms with E-state index in [1.54, 1.807) is 11.3 Å². The molecule has 0 unspecified atom stereocenters. The molecule has 0 atom stereocenters. The highest BCUT2D eigenvalue weighted by Crippen LogP contribution is 2.30. The average molecular weight is 307 g/mol. The number of nitrogens with one attached hydrogen (secondary N) is 1. The van der Waals surface area contributed by atoms with Gasteiger partial charge < -0.3 is 5.32 Å². The summed E-state index contributed by atoms with van der Waals surface area (Å²) in [7, 11) is 0. The monoisotopic (exact) mass is 305 g/mol. The maximum atomic E-state index is 6.13. The first-order chi connectivity index (χ1) is 8.06. The Morgan fingerprint density at radius 2 is 1.88 bits per heavy atom. The second kappa shape index (κ2) is 5.49. The molecule has 1 aromatic heterocycles.